The molecule has 0 bridgehead atoms. The summed E-state index contributed by atoms with van der Waals surface area (Å²) in [4.78, 5) is 41.3. The van der Waals surface area contributed by atoms with Gasteiger partial charge in [-0.05, 0) is 72.8 Å². The lowest BCUT2D eigenvalue weighted by atomic mass is 9.58. The highest BCUT2D eigenvalue weighted by Gasteiger charge is 2.63. The summed E-state index contributed by atoms with van der Waals surface area (Å²) in [7, 11) is 3.20. The lowest BCUT2D eigenvalue weighted by Crippen LogP contribution is -2.63. The molecule has 10 nitrogen and oxygen atoms in total. The first kappa shape index (κ1) is 30.3. The molecular weight excluding hydrogens is 574 g/mol. The maximum absolute atomic E-state index is 14.1. The Labute approximate surface area is 260 Å². The first-order valence-electron chi connectivity index (χ1n) is 14.8. The van der Waals surface area contributed by atoms with Crippen molar-refractivity contribution in [1.82, 2.24) is 10.2 Å². The highest BCUT2D eigenvalue weighted by atomic mass is 16.3. The van der Waals surface area contributed by atoms with E-state index in [4.69, 9.17) is 5.73 Å². The molecule has 7 N–H and O–H groups in total. The number of carbonyl (C=O) groups excluding carboxylic acids is 3. The summed E-state index contributed by atoms with van der Waals surface area (Å²) in [5.41, 5.74) is 6.07. The van der Waals surface area contributed by atoms with E-state index >= 15 is 0 Å². The minimum atomic E-state index is -2.67. The van der Waals surface area contributed by atoms with Gasteiger partial charge in [-0.25, -0.2) is 0 Å². The van der Waals surface area contributed by atoms with Gasteiger partial charge in [0, 0.05) is 24.6 Å². The fraction of sp³-hybridized carbons (Fsp3) is 0.286. The van der Waals surface area contributed by atoms with E-state index in [0.717, 1.165) is 22.3 Å². The van der Waals surface area contributed by atoms with Crippen LogP contribution in [0.4, 0.5) is 0 Å². The number of aromatic hydroxyl groups is 1. The molecule has 232 valence electrons. The maximum Gasteiger partial charge on any atom is 0.255 e. The topological polar surface area (TPSA) is 173 Å². The molecule has 3 aliphatic carbocycles. The number of aliphatic hydroxyl groups excluding tert-OH is 2. The second kappa shape index (κ2) is 11.3. The number of ketones is 2. The Hall–Kier alpha value is -4.77. The number of phenolic OH excluding ortho intramolecular Hbond substituents is 1. The SMILES string of the molecule is CN(C)C1C(O)=C(C(N)=O)C(=O)C2(O)C(O)=C3C(=O)c4c(O)ccc(-c5cccc(CNCc6ccccc6)c5)c4CC3CC12. The minimum Gasteiger partial charge on any atom is -0.510 e. The third kappa shape index (κ3) is 4.82. The minimum absolute atomic E-state index is 0.0131. The van der Waals surface area contributed by atoms with E-state index in [1.807, 2.05) is 54.6 Å². The molecule has 0 fully saturated rings. The standard InChI is InChI=1S/C35H35N3O7/c1-38(2)29-24-15-21-14-23-22(20-10-6-9-19(13-20)17-37-16-18-7-4-3-5-8-18)11-12-25(39)27(23)30(40)26(21)32(42)35(24,45)33(43)28(31(29)41)34(36)44/h3-13,21,24,29,37,39,41-42,45H,14-17H2,1-2H3,(H2,36,44). The van der Waals surface area contributed by atoms with Gasteiger partial charge in [-0.3, -0.25) is 19.3 Å². The Bertz CT molecular complexity index is 1800. The van der Waals surface area contributed by atoms with Gasteiger partial charge < -0.3 is 31.5 Å². The summed E-state index contributed by atoms with van der Waals surface area (Å²) in [5.74, 6) is -6.70. The largest absolute Gasteiger partial charge is 0.510 e. The average Bonchev–Trinajstić information content (AvgIpc) is 2.99. The van der Waals surface area contributed by atoms with E-state index < -0.39 is 58.0 Å². The molecule has 0 spiro atoms. The average molecular weight is 610 g/mol. The zero-order valence-corrected chi connectivity index (χ0v) is 24.9. The van der Waals surface area contributed by atoms with Crippen LogP contribution in [0.3, 0.4) is 0 Å². The highest BCUT2D eigenvalue weighted by Crippen LogP contribution is 2.53. The number of hydrogen-bond donors (Lipinski definition) is 6. The molecule has 0 aromatic heterocycles. The van der Waals surface area contributed by atoms with E-state index in [1.54, 1.807) is 20.2 Å². The van der Waals surface area contributed by atoms with E-state index in [1.165, 1.54) is 11.0 Å². The molecule has 45 heavy (non-hydrogen) atoms. The number of aliphatic hydroxyl groups is 3. The van der Waals surface area contributed by atoms with Crippen molar-refractivity contribution in [3.8, 4) is 16.9 Å². The lowest BCUT2D eigenvalue weighted by molar-refractivity contribution is -0.148. The number of primary amides is 1. The third-order valence-corrected chi connectivity index (χ3v) is 9.35. The van der Waals surface area contributed by atoms with Crippen LogP contribution in [-0.4, -0.2) is 68.5 Å². The quantitative estimate of drug-likeness (QED) is 0.220. The van der Waals surface area contributed by atoms with Gasteiger partial charge in [-0.1, -0.05) is 54.6 Å². The van der Waals surface area contributed by atoms with Gasteiger partial charge in [0.25, 0.3) is 5.91 Å². The fourth-order valence-corrected chi connectivity index (χ4v) is 7.32. The van der Waals surface area contributed by atoms with Gasteiger partial charge in [0.05, 0.1) is 11.6 Å². The lowest BCUT2D eigenvalue weighted by Gasteiger charge is -2.50. The Kier molecular flexibility index (Phi) is 7.60. The van der Waals surface area contributed by atoms with Crippen molar-refractivity contribution >= 4 is 17.5 Å². The number of Topliss-reactive ketones (excluding diaryl/α,β-unsaturated/α-hetero) is 2. The summed E-state index contributed by atoms with van der Waals surface area (Å²) in [5, 5.41) is 48.6. The number of phenols is 1. The van der Waals surface area contributed by atoms with Gasteiger partial charge in [0.2, 0.25) is 5.78 Å². The number of hydrogen-bond acceptors (Lipinski definition) is 9. The number of nitrogens with two attached hydrogens (primary N) is 1. The molecule has 10 heteroatoms. The summed E-state index contributed by atoms with van der Waals surface area (Å²) in [6.07, 6.45) is 0.249. The summed E-state index contributed by atoms with van der Waals surface area (Å²) in [6.45, 7) is 1.31. The summed E-state index contributed by atoms with van der Waals surface area (Å²) < 4.78 is 0. The van der Waals surface area contributed by atoms with Crippen LogP contribution in [0.25, 0.3) is 11.1 Å². The zero-order chi connectivity index (χ0) is 32.2. The number of benzene rings is 3. The number of likely N-dealkylation sites (N-methyl/N-ethyl adjacent to an activating group) is 1. The van der Waals surface area contributed by atoms with Crippen LogP contribution in [-0.2, 0) is 29.1 Å². The van der Waals surface area contributed by atoms with E-state index in [2.05, 4.69) is 5.32 Å². The van der Waals surface area contributed by atoms with Crippen molar-refractivity contribution in [3.63, 3.8) is 0 Å². The maximum atomic E-state index is 14.1. The van der Waals surface area contributed by atoms with Crippen LogP contribution < -0.4 is 11.1 Å². The fourth-order valence-electron chi connectivity index (χ4n) is 7.32. The predicted octanol–water partition coefficient (Wildman–Crippen LogP) is 3.08. The van der Waals surface area contributed by atoms with Crippen LogP contribution in [0.15, 0.2) is 89.4 Å². The van der Waals surface area contributed by atoms with Crippen molar-refractivity contribution in [1.29, 1.82) is 0 Å². The van der Waals surface area contributed by atoms with Gasteiger partial charge in [-0.15, -0.1) is 0 Å². The van der Waals surface area contributed by atoms with Gasteiger partial charge >= 0.3 is 0 Å². The van der Waals surface area contributed by atoms with Crippen LogP contribution in [0.1, 0.15) is 33.5 Å². The number of nitrogens with zero attached hydrogens (tertiary/aromatic N) is 1. The molecule has 1 amide bonds. The number of carbonyl (C=O) groups is 3. The van der Waals surface area contributed by atoms with Crippen molar-refractivity contribution in [3.05, 3.63) is 112 Å². The molecule has 4 atom stereocenters. The van der Waals surface area contributed by atoms with Crippen LogP contribution in [0.2, 0.25) is 0 Å². The molecule has 3 aromatic carbocycles. The molecule has 4 unspecified atom stereocenters. The monoisotopic (exact) mass is 609 g/mol. The van der Waals surface area contributed by atoms with E-state index in [9.17, 15) is 34.8 Å². The van der Waals surface area contributed by atoms with Gasteiger partial charge in [0.1, 0.15) is 22.8 Å². The predicted molar refractivity (Wildman–Crippen MR) is 166 cm³/mol. The molecule has 0 saturated heterocycles. The van der Waals surface area contributed by atoms with Crippen molar-refractivity contribution in [2.45, 2.75) is 37.6 Å². The number of allylic oxidation sites excluding steroid dienone is 1. The summed E-state index contributed by atoms with van der Waals surface area (Å²) in [6, 6.07) is 20.1. The normalized spacial score (nSPS) is 24.4. The Morgan fingerprint density at radius 2 is 1.67 bits per heavy atom. The van der Waals surface area contributed by atoms with Crippen LogP contribution in [0.5, 0.6) is 5.75 Å². The molecule has 0 aliphatic heterocycles. The number of rotatable bonds is 7. The second-order valence-electron chi connectivity index (χ2n) is 12.2. The Morgan fingerprint density at radius 1 is 0.978 bits per heavy atom. The first-order valence-corrected chi connectivity index (χ1v) is 14.8. The highest BCUT2D eigenvalue weighted by molar-refractivity contribution is 6.24. The van der Waals surface area contributed by atoms with Crippen molar-refractivity contribution in [2.75, 3.05) is 14.1 Å². The number of nitrogens with one attached hydrogen (secondary N) is 1. The Balaban J connectivity index is 1.39. The van der Waals surface area contributed by atoms with E-state index in [-0.39, 0.29) is 29.7 Å². The third-order valence-electron chi connectivity index (χ3n) is 9.35. The number of fused-ring (bicyclic) bond motifs is 3. The molecule has 3 aromatic rings. The number of amides is 1. The van der Waals surface area contributed by atoms with Gasteiger partial charge in [-0.2, -0.15) is 0 Å². The molecule has 6 rings (SSSR count). The Morgan fingerprint density at radius 3 is 2.36 bits per heavy atom. The smallest absolute Gasteiger partial charge is 0.255 e. The van der Waals surface area contributed by atoms with E-state index in [0.29, 0.717) is 18.7 Å². The zero-order valence-electron chi connectivity index (χ0n) is 24.9. The first-order chi connectivity index (χ1) is 21.4. The molecular formula is C35H35N3O7. The van der Waals surface area contributed by atoms with Crippen molar-refractivity contribution in [2.24, 2.45) is 17.6 Å². The van der Waals surface area contributed by atoms with Gasteiger partial charge in [0.15, 0.2) is 11.4 Å². The van der Waals surface area contributed by atoms with Crippen LogP contribution >= 0.6 is 0 Å². The van der Waals surface area contributed by atoms with Crippen LogP contribution in [0, 0.1) is 11.8 Å². The van der Waals surface area contributed by atoms with Crippen molar-refractivity contribution < 1.29 is 34.8 Å². The molecule has 0 heterocycles. The molecule has 0 saturated carbocycles. The second-order valence-corrected chi connectivity index (χ2v) is 12.2. The summed E-state index contributed by atoms with van der Waals surface area (Å²) >= 11 is 0. The molecule has 0 radical (unpaired) electrons. The molecule has 3 aliphatic rings.